The van der Waals surface area contributed by atoms with Crippen molar-refractivity contribution in [1.82, 2.24) is 10.6 Å². The van der Waals surface area contributed by atoms with E-state index in [1.807, 2.05) is 0 Å². The molecule has 0 radical (unpaired) electrons. The highest BCUT2D eigenvalue weighted by Crippen LogP contribution is 2.14. The minimum atomic E-state index is -0.204. The molecule has 1 saturated heterocycles. The molecule has 6 heteroatoms. The maximum Gasteiger partial charge on any atom is 0.252 e. The molecule has 0 bridgehead atoms. The van der Waals surface area contributed by atoms with Gasteiger partial charge in [0, 0.05) is 18.3 Å². The van der Waals surface area contributed by atoms with Crippen LogP contribution < -0.4 is 10.6 Å². The lowest BCUT2D eigenvalue weighted by Crippen LogP contribution is -2.35. The van der Waals surface area contributed by atoms with Crippen LogP contribution in [-0.4, -0.2) is 36.1 Å². The van der Waals surface area contributed by atoms with Crippen LogP contribution in [0.25, 0.3) is 0 Å². The summed E-state index contributed by atoms with van der Waals surface area (Å²) in [5.74, 6) is 5.02. The molecule has 0 spiro atoms. The van der Waals surface area contributed by atoms with E-state index in [1.165, 1.54) is 11.3 Å². The standard InChI is InChI=1S/C12H12N2O3S/c15-3-1-2-10-4-8(7-18-10)12(17)14-9-5-11(16)13-6-9/h4,7,9,15H,3,5-6H2,(H,13,16)(H,14,17). The van der Waals surface area contributed by atoms with Crippen molar-refractivity contribution < 1.29 is 14.7 Å². The van der Waals surface area contributed by atoms with E-state index in [4.69, 9.17) is 5.11 Å². The summed E-state index contributed by atoms with van der Waals surface area (Å²) in [6.45, 7) is 0.279. The van der Waals surface area contributed by atoms with Crippen molar-refractivity contribution in [3.05, 3.63) is 21.9 Å². The summed E-state index contributed by atoms with van der Waals surface area (Å²) in [6, 6.07) is 1.53. The minimum absolute atomic E-state index is 0.0416. The molecular weight excluding hydrogens is 252 g/mol. The molecule has 1 unspecified atom stereocenters. The summed E-state index contributed by atoms with van der Waals surface area (Å²) >= 11 is 1.35. The maximum absolute atomic E-state index is 11.9. The number of aliphatic hydroxyl groups excluding tert-OH is 1. The minimum Gasteiger partial charge on any atom is -0.384 e. The van der Waals surface area contributed by atoms with Crippen molar-refractivity contribution in [3.63, 3.8) is 0 Å². The highest BCUT2D eigenvalue weighted by Gasteiger charge is 2.23. The third-order valence-corrected chi connectivity index (χ3v) is 3.31. The molecule has 18 heavy (non-hydrogen) atoms. The lowest BCUT2D eigenvalue weighted by molar-refractivity contribution is -0.119. The van der Waals surface area contributed by atoms with Gasteiger partial charge in [0.15, 0.2) is 0 Å². The van der Waals surface area contributed by atoms with Gasteiger partial charge in [0.05, 0.1) is 16.5 Å². The zero-order chi connectivity index (χ0) is 13.0. The van der Waals surface area contributed by atoms with Crippen molar-refractivity contribution in [2.45, 2.75) is 12.5 Å². The molecule has 2 amide bonds. The molecule has 1 fully saturated rings. The second kappa shape index (κ2) is 5.67. The number of hydrogen-bond donors (Lipinski definition) is 3. The number of aliphatic hydroxyl groups is 1. The molecule has 1 atom stereocenters. The van der Waals surface area contributed by atoms with Crippen LogP contribution in [0.1, 0.15) is 21.7 Å². The molecule has 2 heterocycles. The van der Waals surface area contributed by atoms with E-state index in [9.17, 15) is 9.59 Å². The van der Waals surface area contributed by atoms with Gasteiger partial charge in [-0.15, -0.1) is 11.3 Å². The fourth-order valence-corrected chi connectivity index (χ4v) is 2.38. The van der Waals surface area contributed by atoms with Crippen molar-refractivity contribution >= 4 is 23.2 Å². The largest absolute Gasteiger partial charge is 0.384 e. The molecule has 94 valence electrons. The van der Waals surface area contributed by atoms with Crippen molar-refractivity contribution in [1.29, 1.82) is 0 Å². The van der Waals surface area contributed by atoms with Crippen LogP contribution in [0, 0.1) is 11.8 Å². The first kappa shape index (κ1) is 12.6. The third-order valence-electron chi connectivity index (χ3n) is 2.46. The number of nitrogens with one attached hydrogen (secondary N) is 2. The SMILES string of the molecule is O=C1CC(NC(=O)c2csc(C#CCO)c2)CN1. The Morgan fingerprint density at radius 3 is 3.17 bits per heavy atom. The van der Waals surface area contributed by atoms with Crippen LogP contribution >= 0.6 is 11.3 Å². The van der Waals surface area contributed by atoms with E-state index in [0.29, 0.717) is 18.5 Å². The molecule has 1 aliphatic rings. The number of hydrogen-bond acceptors (Lipinski definition) is 4. The van der Waals surface area contributed by atoms with Crippen LogP contribution in [0.2, 0.25) is 0 Å². The lowest BCUT2D eigenvalue weighted by Gasteiger charge is -2.08. The fraction of sp³-hybridized carbons (Fsp3) is 0.333. The van der Waals surface area contributed by atoms with Gasteiger partial charge < -0.3 is 15.7 Å². The predicted octanol–water partition coefficient (Wildman–Crippen LogP) is -0.290. The topological polar surface area (TPSA) is 78.4 Å². The average molecular weight is 264 g/mol. The molecule has 1 aromatic rings. The van der Waals surface area contributed by atoms with Gasteiger partial charge in [-0.25, -0.2) is 0 Å². The van der Waals surface area contributed by atoms with E-state index >= 15 is 0 Å². The fourth-order valence-electron chi connectivity index (χ4n) is 1.62. The summed E-state index contributed by atoms with van der Waals surface area (Å²) in [5, 5.41) is 15.7. The predicted molar refractivity (Wildman–Crippen MR) is 67.2 cm³/mol. The molecule has 5 nitrogen and oxygen atoms in total. The van der Waals surface area contributed by atoms with E-state index < -0.39 is 0 Å². The Kier molecular flexibility index (Phi) is 3.97. The average Bonchev–Trinajstić information content (AvgIpc) is 2.96. The van der Waals surface area contributed by atoms with E-state index in [-0.39, 0.29) is 24.5 Å². The van der Waals surface area contributed by atoms with Gasteiger partial charge in [-0.3, -0.25) is 9.59 Å². The second-order valence-electron chi connectivity index (χ2n) is 3.84. The Morgan fingerprint density at radius 1 is 1.67 bits per heavy atom. The van der Waals surface area contributed by atoms with Gasteiger partial charge in [0.25, 0.3) is 5.91 Å². The van der Waals surface area contributed by atoms with Gasteiger partial charge in [0.2, 0.25) is 5.91 Å². The van der Waals surface area contributed by atoms with Crippen LogP contribution in [-0.2, 0) is 4.79 Å². The Hall–Kier alpha value is -1.84. The van der Waals surface area contributed by atoms with Gasteiger partial charge in [-0.05, 0) is 6.07 Å². The molecule has 1 aliphatic heterocycles. The molecular formula is C12H12N2O3S. The van der Waals surface area contributed by atoms with Crippen LogP contribution in [0.4, 0.5) is 0 Å². The van der Waals surface area contributed by atoms with Gasteiger partial charge in [0.1, 0.15) is 6.61 Å². The van der Waals surface area contributed by atoms with E-state index in [1.54, 1.807) is 11.4 Å². The first-order chi connectivity index (χ1) is 8.69. The first-order valence-corrected chi connectivity index (χ1v) is 6.33. The first-order valence-electron chi connectivity index (χ1n) is 5.45. The van der Waals surface area contributed by atoms with Gasteiger partial charge >= 0.3 is 0 Å². The summed E-state index contributed by atoms with van der Waals surface area (Å²) < 4.78 is 0. The summed E-state index contributed by atoms with van der Waals surface area (Å²) in [6.07, 6.45) is 0.326. The Labute approximate surface area is 108 Å². The molecule has 3 N–H and O–H groups in total. The summed E-state index contributed by atoms with van der Waals surface area (Å²) in [5.41, 5.74) is 0.529. The molecule has 0 aliphatic carbocycles. The van der Waals surface area contributed by atoms with Crippen molar-refractivity contribution in [3.8, 4) is 11.8 Å². The summed E-state index contributed by atoms with van der Waals surface area (Å²) in [4.78, 5) is 23.6. The second-order valence-corrected chi connectivity index (χ2v) is 4.75. The third kappa shape index (κ3) is 3.09. The van der Waals surface area contributed by atoms with Crippen molar-refractivity contribution in [2.24, 2.45) is 0 Å². The highest BCUT2D eigenvalue weighted by atomic mass is 32.1. The number of carbonyl (C=O) groups excluding carboxylic acids is 2. The number of thiophene rings is 1. The van der Waals surface area contributed by atoms with Crippen molar-refractivity contribution in [2.75, 3.05) is 13.2 Å². The van der Waals surface area contributed by atoms with E-state index in [2.05, 4.69) is 22.5 Å². The van der Waals surface area contributed by atoms with Crippen LogP contribution in [0.15, 0.2) is 11.4 Å². The molecule has 0 saturated carbocycles. The van der Waals surface area contributed by atoms with Crippen LogP contribution in [0.3, 0.4) is 0 Å². The zero-order valence-corrected chi connectivity index (χ0v) is 10.3. The maximum atomic E-state index is 11.9. The van der Waals surface area contributed by atoms with Gasteiger partial charge in [-0.1, -0.05) is 11.8 Å². The summed E-state index contributed by atoms with van der Waals surface area (Å²) in [7, 11) is 0. The van der Waals surface area contributed by atoms with Gasteiger partial charge in [-0.2, -0.15) is 0 Å². The number of carbonyl (C=O) groups is 2. The highest BCUT2D eigenvalue weighted by molar-refractivity contribution is 7.10. The Balaban J connectivity index is 1.96. The number of amides is 2. The van der Waals surface area contributed by atoms with E-state index in [0.717, 1.165) is 4.88 Å². The van der Waals surface area contributed by atoms with Crippen LogP contribution in [0.5, 0.6) is 0 Å². The molecule has 2 rings (SSSR count). The Bertz CT molecular complexity index is 527. The number of rotatable bonds is 2. The normalized spacial score (nSPS) is 17.8. The molecule has 0 aromatic carbocycles. The monoisotopic (exact) mass is 264 g/mol. The molecule has 1 aromatic heterocycles. The lowest BCUT2D eigenvalue weighted by atomic mass is 10.2. The smallest absolute Gasteiger partial charge is 0.252 e. The Morgan fingerprint density at radius 2 is 2.50 bits per heavy atom. The quantitative estimate of drug-likeness (QED) is 0.642. The zero-order valence-electron chi connectivity index (χ0n) is 9.53.